The molecule has 9 heteroatoms. The van der Waals surface area contributed by atoms with Gasteiger partial charge in [-0.15, -0.1) is 0 Å². The number of pyridine rings is 1. The van der Waals surface area contributed by atoms with Crippen LogP contribution in [0.5, 0.6) is 11.6 Å². The average Bonchev–Trinajstić information content (AvgIpc) is 2.75. The Morgan fingerprint density at radius 2 is 2.09 bits per heavy atom. The number of aliphatic hydroxyl groups is 1. The molecule has 1 amide bonds. The van der Waals surface area contributed by atoms with Gasteiger partial charge < -0.3 is 25.6 Å². The lowest BCUT2D eigenvalue weighted by Crippen LogP contribution is -2.40. The van der Waals surface area contributed by atoms with Crippen LogP contribution in [-0.4, -0.2) is 47.8 Å². The zero-order valence-electron chi connectivity index (χ0n) is 18.7. The molecule has 3 rings (SSSR count). The quantitative estimate of drug-likeness (QED) is 0.225. The molecule has 1 aromatic heterocycles. The number of aliphatic imine (C=N–C) groups is 1. The second-order valence-electron chi connectivity index (χ2n) is 8.14. The zero-order valence-corrected chi connectivity index (χ0v) is 18.7. The molecule has 5 N–H and O–H groups in total. The van der Waals surface area contributed by atoms with Crippen molar-refractivity contribution in [1.29, 1.82) is 0 Å². The molecular formula is C23H31N4O5+. The van der Waals surface area contributed by atoms with Crippen LogP contribution in [0.2, 0.25) is 0 Å². The molecule has 0 unspecified atom stereocenters. The van der Waals surface area contributed by atoms with E-state index in [-0.39, 0.29) is 17.6 Å². The van der Waals surface area contributed by atoms with Crippen LogP contribution in [0.1, 0.15) is 55.6 Å². The van der Waals surface area contributed by atoms with Crippen molar-refractivity contribution in [2.75, 3.05) is 24.8 Å². The maximum atomic E-state index is 12.8. The number of aromatic nitrogens is 1. The third kappa shape index (κ3) is 5.47. The highest BCUT2D eigenvalue weighted by molar-refractivity contribution is 6.04. The molecule has 0 atom stereocenters. The van der Waals surface area contributed by atoms with Gasteiger partial charge in [-0.25, -0.2) is 0 Å². The number of nitrogens with one attached hydrogen (secondary N) is 1. The molecule has 0 bridgehead atoms. The van der Waals surface area contributed by atoms with Gasteiger partial charge in [0, 0.05) is 29.6 Å². The van der Waals surface area contributed by atoms with Crippen molar-refractivity contribution >= 4 is 23.5 Å². The molecule has 1 saturated carbocycles. The number of methoxy groups -OCH3 is 1. The molecule has 9 nitrogen and oxygen atoms in total. The number of amides is 1. The number of hydrogen-bond acceptors (Lipinski definition) is 7. The first-order valence-electron chi connectivity index (χ1n) is 10.7. The monoisotopic (exact) mass is 443 g/mol. The fourth-order valence-corrected chi connectivity index (χ4v) is 3.65. The summed E-state index contributed by atoms with van der Waals surface area (Å²) in [4.78, 5) is 17.5. The minimum absolute atomic E-state index is 0.00639. The summed E-state index contributed by atoms with van der Waals surface area (Å²) < 4.78 is 11.4. The van der Waals surface area contributed by atoms with Crippen molar-refractivity contribution in [1.82, 2.24) is 0 Å². The van der Waals surface area contributed by atoms with Gasteiger partial charge in [-0.1, -0.05) is 0 Å². The summed E-state index contributed by atoms with van der Waals surface area (Å²) in [5, 5.41) is 23.1. The first-order chi connectivity index (χ1) is 15.2. The van der Waals surface area contributed by atoms with Gasteiger partial charge in [0.05, 0.1) is 41.8 Å². The third-order valence-electron chi connectivity index (χ3n) is 5.56. The Balaban J connectivity index is 1.85. The van der Waals surface area contributed by atoms with Gasteiger partial charge in [0.1, 0.15) is 5.75 Å². The standard InChI is InChI=1S/C23H30N4O5/c1-4-32-20-13-17(24)15(14-25-16-8-10-23(2,29)11-9-16)12-18(20)26-22(28)19-6-5-7-21(31-3)27(19)30/h5-7,12-14,16,24,28-30H,4,8-11H2,1-3H3/p+1. The van der Waals surface area contributed by atoms with E-state index in [0.717, 1.165) is 12.8 Å². The Bertz CT molecular complexity index is 996. The van der Waals surface area contributed by atoms with E-state index in [1.54, 1.807) is 24.4 Å². The van der Waals surface area contributed by atoms with Crippen LogP contribution in [0.3, 0.4) is 0 Å². The number of hydrogen-bond donors (Lipinski definition) is 4. The summed E-state index contributed by atoms with van der Waals surface area (Å²) >= 11 is 0. The minimum atomic E-state index is -0.620. The molecule has 1 heterocycles. The molecule has 0 aliphatic heterocycles. The van der Waals surface area contributed by atoms with Crippen LogP contribution < -0.4 is 25.3 Å². The first-order valence-corrected chi connectivity index (χ1v) is 10.7. The van der Waals surface area contributed by atoms with E-state index in [2.05, 4.69) is 10.3 Å². The molecule has 1 aromatic carbocycles. The number of nitrogen functional groups attached to an aromatic ring is 1. The molecule has 1 fully saturated rings. The maximum absolute atomic E-state index is 12.8. The van der Waals surface area contributed by atoms with E-state index in [1.807, 2.05) is 13.8 Å². The highest BCUT2D eigenvalue weighted by Gasteiger charge is 2.28. The smallest absolute Gasteiger partial charge is 0.417 e. The van der Waals surface area contributed by atoms with Crippen LogP contribution in [0.4, 0.5) is 11.4 Å². The molecule has 2 aromatic rings. The normalized spacial score (nSPS) is 20.8. The highest BCUT2D eigenvalue weighted by atomic mass is 16.5. The predicted molar refractivity (Wildman–Crippen MR) is 121 cm³/mol. The van der Waals surface area contributed by atoms with E-state index < -0.39 is 11.5 Å². The SMILES string of the molecule is CCOc1cc(N)c(C=NC2CCC(C)(O)CC2)cc1NC(=O)c1cccc(OC)[n+]1O. The number of carbonyl (C=O) groups excluding carboxylic acids is 1. The van der Waals surface area contributed by atoms with Crippen molar-refractivity contribution in [2.24, 2.45) is 4.99 Å². The Labute approximate surface area is 187 Å². The molecule has 0 spiro atoms. The van der Waals surface area contributed by atoms with Crippen LogP contribution in [0, 0.1) is 0 Å². The van der Waals surface area contributed by atoms with Gasteiger partial charge in [-0.05, 0) is 51.7 Å². The van der Waals surface area contributed by atoms with E-state index in [0.29, 0.717) is 46.9 Å². The number of carbonyl (C=O) groups is 1. The molecule has 1 aliphatic rings. The number of benzene rings is 1. The number of rotatable bonds is 7. The lowest BCUT2D eigenvalue weighted by Gasteiger charge is -2.31. The van der Waals surface area contributed by atoms with E-state index >= 15 is 0 Å². The third-order valence-corrected chi connectivity index (χ3v) is 5.56. The average molecular weight is 444 g/mol. The molecule has 172 valence electrons. The van der Waals surface area contributed by atoms with Crippen LogP contribution in [0.25, 0.3) is 0 Å². The number of nitrogens with zero attached hydrogens (tertiary/aromatic N) is 2. The fourth-order valence-electron chi connectivity index (χ4n) is 3.65. The summed E-state index contributed by atoms with van der Waals surface area (Å²) in [6.07, 6.45) is 4.71. The van der Waals surface area contributed by atoms with Crippen molar-refractivity contribution in [3.05, 3.63) is 41.6 Å². The topological polar surface area (TPSA) is 130 Å². The van der Waals surface area contributed by atoms with Gasteiger partial charge in [0.2, 0.25) is 0 Å². The molecular weight excluding hydrogens is 412 g/mol. The Hall–Kier alpha value is -3.33. The Kier molecular flexibility index (Phi) is 7.19. The maximum Gasteiger partial charge on any atom is 0.417 e. The van der Waals surface area contributed by atoms with E-state index in [1.165, 1.54) is 19.2 Å². The van der Waals surface area contributed by atoms with Crippen molar-refractivity contribution < 1.29 is 29.3 Å². The van der Waals surface area contributed by atoms with Gasteiger partial charge in [-0.2, -0.15) is 0 Å². The van der Waals surface area contributed by atoms with E-state index in [9.17, 15) is 15.1 Å². The number of ether oxygens (including phenoxy) is 2. The van der Waals surface area contributed by atoms with Gasteiger partial charge >= 0.3 is 17.5 Å². The first kappa shape index (κ1) is 23.3. The molecule has 0 radical (unpaired) electrons. The summed E-state index contributed by atoms with van der Waals surface area (Å²) in [6, 6.07) is 8.06. The largest absolute Gasteiger partial charge is 0.492 e. The molecule has 32 heavy (non-hydrogen) atoms. The lowest BCUT2D eigenvalue weighted by molar-refractivity contribution is -0.907. The number of nitrogens with two attached hydrogens (primary N) is 1. The van der Waals surface area contributed by atoms with Gasteiger partial charge in [0.15, 0.2) is 0 Å². The Morgan fingerprint density at radius 1 is 1.38 bits per heavy atom. The molecule has 0 saturated heterocycles. The second kappa shape index (κ2) is 9.86. The van der Waals surface area contributed by atoms with Crippen molar-refractivity contribution in [3.8, 4) is 11.6 Å². The van der Waals surface area contributed by atoms with Crippen molar-refractivity contribution in [3.63, 3.8) is 0 Å². The van der Waals surface area contributed by atoms with Crippen LogP contribution >= 0.6 is 0 Å². The number of anilines is 2. The van der Waals surface area contributed by atoms with Gasteiger partial charge in [0.25, 0.3) is 0 Å². The Morgan fingerprint density at radius 3 is 2.75 bits per heavy atom. The lowest BCUT2D eigenvalue weighted by atomic mass is 9.84. The minimum Gasteiger partial charge on any atom is -0.492 e. The van der Waals surface area contributed by atoms with Gasteiger partial charge in [-0.3, -0.25) is 15.0 Å². The predicted octanol–water partition coefficient (Wildman–Crippen LogP) is 2.57. The summed E-state index contributed by atoms with van der Waals surface area (Å²) in [6.45, 7) is 4.07. The highest BCUT2D eigenvalue weighted by Crippen LogP contribution is 2.32. The zero-order chi connectivity index (χ0) is 23.3. The van der Waals surface area contributed by atoms with E-state index in [4.69, 9.17) is 15.2 Å². The molecule has 1 aliphatic carbocycles. The summed E-state index contributed by atoms with van der Waals surface area (Å²) in [7, 11) is 1.40. The van der Waals surface area contributed by atoms with Crippen LogP contribution in [-0.2, 0) is 0 Å². The van der Waals surface area contributed by atoms with Crippen molar-refractivity contribution in [2.45, 2.75) is 51.2 Å². The summed E-state index contributed by atoms with van der Waals surface area (Å²) in [5.41, 5.74) is 7.09. The fraction of sp³-hybridized carbons (Fsp3) is 0.435. The second-order valence-corrected chi connectivity index (χ2v) is 8.14. The van der Waals surface area contributed by atoms with Crippen LogP contribution in [0.15, 0.2) is 35.3 Å². The summed E-state index contributed by atoms with van der Waals surface area (Å²) in [5.74, 6) is -0.00889.